The summed E-state index contributed by atoms with van der Waals surface area (Å²) >= 11 is 5.58. The van der Waals surface area contributed by atoms with E-state index in [1.807, 2.05) is 0 Å². The fourth-order valence-electron chi connectivity index (χ4n) is 1.41. The normalized spacial score (nSPS) is 12.0. The van der Waals surface area contributed by atoms with Gasteiger partial charge in [-0.15, -0.1) is 0 Å². The quantitative estimate of drug-likeness (QED) is 0.371. The largest absolute Gasteiger partial charge is 0.465 e. The molecule has 21 heavy (non-hydrogen) atoms. The van der Waals surface area contributed by atoms with E-state index in [4.69, 9.17) is 16.3 Å². The maximum absolute atomic E-state index is 13.4. The minimum absolute atomic E-state index is 0.0518. The number of carbonyl (C=O) groups is 2. The van der Waals surface area contributed by atoms with Crippen LogP contribution in [0.4, 0.5) is 4.39 Å². The number of hydrogen-bond donors (Lipinski definition) is 0. The molecule has 0 aromatic heterocycles. The number of rotatable bonds is 3. The summed E-state index contributed by atoms with van der Waals surface area (Å²) in [6, 6.07) is 3.90. The Morgan fingerprint density at radius 3 is 2.33 bits per heavy atom. The molecule has 4 nitrogen and oxygen atoms in total. The maximum Gasteiger partial charge on any atom is 0.346 e. The van der Waals surface area contributed by atoms with Crippen LogP contribution >= 0.6 is 11.6 Å². The lowest BCUT2D eigenvalue weighted by Gasteiger charge is -2.19. The van der Waals surface area contributed by atoms with Crippen molar-refractivity contribution in [1.82, 2.24) is 0 Å². The zero-order valence-electron chi connectivity index (χ0n) is 12.2. The first-order chi connectivity index (χ1) is 9.64. The third kappa shape index (κ3) is 5.19. The monoisotopic (exact) mass is 314 g/mol. The molecule has 1 aromatic rings. The Morgan fingerprint density at radius 2 is 1.86 bits per heavy atom. The van der Waals surface area contributed by atoms with Crippen LogP contribution in [0.15, 0.2) is 23.8 Å². The number of benzene rings is 1. The van der Waals surface area contributed by atoms with Gasteiger partial charge in [0.15, 0.2) is 0 Å². The summed E-state index contributed by atoms with van der Waals surface area (Å²) < 4.78 is 23.1. The van der Waals surface area contributed by atoms with Crippen LogP contribution in [-0.2, 0) is 19.1 Å². The highest BCUT2D eigenvalue weighted by molar-refractivity contribution is 6.30. The van der Waals surface area contributed by atoms with E-state index in [2.05, 4.69) is 4.74 Å². The zero-order chi connectivity index (χ0) is 16.2. The fraction of sp³-hybridized carbons (Fsp3) is 0.333. The highest BCUT2D eigenvalue weighted by Crippen LogP contribution is 2.19. The van der Waals surface area contributed by atoms with Crippen LogP contribution in [0.3, 0.4) is 0 Å². The van der Waals surface area contributed by atoms with Crippen molar-refractivity contribution in [2.45, 2.75) is 26.4 Å². The van der Waals surface area contributed by atoms with Crippen molar-refractivity contribution in [2.24, 2.45) is 0 Å². The standard InChI is InChI=1S/C15H16ClFO4/c1-15(2,3)21-14(19)10(13(18)20-4)7-9-5-6-11(16)12(17)8-9/h5-8H,1-4H3/b10-7+. The first-order valence-corrected chi connectivity index (χ1v) is 6.50. The van der Waals surface area contributed by atoms with E-state index in [1.165, 1.54) is 18.2 Å². The van der Waals surface area contributed by atoms with E-state index >= 15 is 0 Å². The lowest BCUT2D eigenvalue weighted by atomic mass is 10.1. The molecule has 0 heterocycles. The minimum Gasteiger partial charge on any atom is -0.465 e. The van der Waals surface area contributed by atoms with Crippen LogP contribution < -0.4 is 0 Å². The molecular formula is C15H16ClFO4. The van der Waals surface area contributed by atoms with Gasteiger partial charge in [0.25, 0.3) is 0 Å². The van der Waals surface area contributed by atoms with Gasteiger partial charge in [-0.05, 0) is 44.5 Å². The molecule has 0 radical (unpaired) electrons. The zero-order valence-corrected chi connectivity index (χ0v) is 13.0. The van der Waals surface area contributed by atoms with Gasteiger partial charge in [0, 0.05) is 0 Å². The van der Waals surface area contributed by atoms with Crippen molar-refractivity contribution in [1.29, 1.82) is 0 Å². The van der Waals surface area contributed by atoms with Crippen molar-refractivity contribution in [2.75, 3.05) is 7.11 Å². The molecule has 0 aliphatic heterocycles. The van der Waals surface area contributed by atoms with E-state index in [1.54, 1.807) is 20.8 Å². The number of ether oxygens (including phenoxy) is 2. The van der Waals surface area contributed by atoms with E-state index in [-0.39, 0.29) is 10.6 Å². The van der Waals surface area contributed by atoms with E-state index in [0.717, 1.165) is 13.2 Å². The Kier molecular flexibility index (Phi) is 5.49. The van der Waals surface area contributed by atoms with E-state index in [9.17, 15) is 14.0 Å². The third-order valence-corrected chi connectivity index (χ3v) is 2.59. The van der Waals surface area contributed by atoms with Gasteiger partial charge in [0.2, 0.25) is 0 Å². The summed E-state index contributed by atoms with van der Waals surface area (Å²) in [5, 5.41) is -0.0518. The lowest BCUT2D eigenvalue weighted by molar-refractivity contribution is -0.153. The van der Waals surface area contributed by atoms with Crippen LogP contribution in [0, 0.1) is 5.82 Å². The Hall–Kier alpha value is -1.88. The highest BCUT2D eigenvalue weighted by atomic mass is 35.5. The van der Waals surface area contributed by atoms with Crippen molar-refractivity contribution >= 4 is 29.6 Å². The molecule has 114 valence electrons. The summed E-state index contributed by atoms with van der Waals surface area (Å²) in [4.78, 5) is 23.7. The second-order valence-corrected chi connectivity index (χ2v) is 5.63. The summed E-state index contributed by atoms with van der Waals surface area (Å²) in [5.74, 6) is -2.36. The molecule has 0 aliphatic carbocycles. The van der Waals surface area contributed by atoms with Gasteiger partial charge in [0.05, 0.1) is 12.1 Å². The molecule has 1 aromatic carbocycles. The smallest absolute Gasteiger partial charge is 0.346 e. The Labute approximate surface area is 127 Å². The summed E-state index contributed by atoms with van der Waals surface area (Å²) in [6.45, 7) is 5.01. The van der Waals surface area contributed by atoms with Crippen LogP contribution in [0.5, 0.6) is 0 Å². The van der Waals surface area contributed by atoms with Crippen LogP contribution in [0.25, 0.3) is 6.08 Å². The van der Waals surface area contributed by atoms with Gasteiger partial charge in [-0.3, -0.25) is 0 Å². The Balaban J connectivity index is 3.18. The number of methoxy groups -OCH3 is 1. The summed E-state index contributed by atoms with van der Waals surface area (Å²) in [7, 11) is 1.14. The average Bonchev–Trinajstić information content (AvgIpc) is 2.37. The number of esters is 2. The fourth-order valence-corrected chi connectivity index (χ4v) is 1.53. The van der Waals surface area contributed by atoms with E-state index in [0.29, 0.717) is 5.56 Å². The molecule has 0 N–H and O–H groups in total. The number of halogens is 2. The van der Waals surface area contributed by atoms with Gasteiger partial charge >= 0.3 is 11.9 Å². The summed E-state index contributed by atoms with van der Waals surface area (Å²) in [6.07, 6.45) is 1.19. The van der Waals surface area contributed by atoms with Crippen molar-refractivity contribution in [3.8, 4) is 0 Å². The molecule has 0 fully saturated rings. The molecule has 0 saturated carbocycles. The first kappa shape index (κ1) is 17.2. The van der Waals surface area contributed by atoms with Crippen molar-refractivity contribution < 1.29 is 23.5 Å². The topological polar surface area (TPSA) is 52.6 Å². The first-order valence-electron chi connectivity index (χ1n) is 6.12. The van der Waals surface area contributed by atoms with Gasteiger partial charge in [0.1, 0.15) is 17.0 Å². The number of carbonyl (C=O) groups excluding carboxylic acids is 2. The molecule has 0 bridgehead atoms. The van der Waals surface area contributed by atoms with Crippen LogP contribution in [0.1, 0.15) is 26.3 Å². The third-order valence-electron chi connectivity index (χ3n) is 2.28. The predicted octanol–water partition coefficient (Wildman–Crippen LogP) is 3.38. The molecule has 6 heteroatoms. The molecule has 0 unspecified atom stereocenters. The van der Waals surface area contributed by atoms with E-state index < -0.39 is 23.4 Å². The van der Waals surface area contributed by atoms with Gasteiger partial charge in [-0.25, -0.2) is 14.0 Å². The average molecular weight is 315 g/mol. The lowest BCUT2D eigenvalue weighted by Crippen LogP contribution is -2.27. The second-order valence-electron chi connectivity index (χ2n) is 5.23. The van der Waals surface area contributed by atoms with Gasteiger partial charge < -0.3 is 9.47 Å². The molecule has 0 amide bonds. The number of hydrogen-bond acceptors (Lipinski definition) is 4. The Morgan fingerprint density at radius 1 is 1.24 bits per heavy atom. The molecule has 0 spiro atoms. The predicted molar refractivity (Wildman–Crippen MR) is 77.2 cm³/mol. The molecular weight excluding hydrogens is 299 g/mol. The summed E-state index contributed by atoms with van der Waals surface area (Å²) in [5.41, 5.74) is -0.799. The SMILES string of the molecule is COC(=O)/C(=C\c1ccc(Cl)c(F)c1)C(=O)OC(C)(C)C. The molecule has 0 saturated heterocycles. The second kappa shape index (κ2) is 6.72. The maximum atomic E-state index is 13.4. The minimum atomic E-state index is -0.861. The van der Waals surface area contributed by atoms with Gasteiger partial charge in [-0.1, -0.05) is 17.7 Å². The van der Waals surface area contributed by atoms with Crippen LogP contribution in [-0.4, -0.2) is 24.6 Å². The highest BCUT2D eigenvalue weighted by Gasteiger charge is 2.25. The van der Waals surface area contributed by atoms with Crippen molar-refractivity contribution in [3.05, 3.63) is 40.2 Å². The van der Waals surface area contributed by atoms with Crippen LogP contribution in [0.2, 0.25) is 5.02 Å². The molecule has 0 atom stereocenters. The molecule has 1 rings (SSSR count). The van der Waals surface area contributed by atoms with Gasteiger partial charge in [-0.2, -0.15) is 0 Å². The van der Waals surface area contributed by atoms with Crippen molar-refractivity contribution in [3.63, 3.8) is 0 Å². The Bertz CT molecular complexity index is 588. The molecule has 0 aliphatic rings.